The first-order valence-corrected chi connectivity index (χ1v) is 4.53. The first kappa shape index (κ1) is 9.71. The second-order valence-electron chi connectivity index (χ2n) is 2.77. The molecule has 0 aromatic carbocycles. The third-order valence-electron chi connectivity index (χ3n) is 2.01. The van der Waals surface area contributed by atoms with E-state index >= 15 is 0 Å². The number of carbonyl (C=O) groups is 1. The molecule has 1 aliphatic carbocycles. The predicted molar refractivity (Wildman–Crippen MR) is 52.1 cm³/mol. The van der Waals surface area contributed by atoms with E-state index in [0.717, 1.165) is 16.9 Å². The Labute approximate surface area is 81.2 Å². The molecule has 0 fully saturated rings. The van der Waals surface area contributed by atoms with Gasteiger partial charge in [0, 0.05) is 22.9 Å². The number of Topliss-reactive ketones (excluding diaryl/α,β-unsaturated/α-hetero) is 1. The molecule has 1 aliphatic rings. The van der Waals surface area contributed by atoms with E-state index in [1.807, 2.05) is 11.4 Å². The summed E-state index contributed by atoms with van der Waals surface area (Å²) in [6.45, 7) is 0. The number of halogens is 1. The summed E-state index contributed by atoms with van der Waals surface area (Å²) in [5, 5.41) is 1.94. The summed E-state index contributed by atoms with van der Waals surface area (Å²) in [6, 6.07) is 1.98. The molecule has 66 valence electrons. The lowest BCUT2D eigenvalue weighted by molar-refractivity contribution is 0.0968. The van der Waals surface area contributed by atoms with Crippen LogP contribution in [0.1, 0.15) is 34.1 Å². The van der Waals surface area contributed by atoms with Crippen LogP contribution in [0.4, 0.5) is 0 Å². The summed E-state index contributed by atoms with van der Waals surface area (Å²) in [7, 11) is 0. The van der Waals surface area contributed by atoms with Crippen molar-refractivity contribution in [2.45, 2.75) is 18.9 Å². The molecule has 1 aromatic heterocycles. The van der Waals surface area contributed by atoms with Crippen LogP contribution in [-0.2, 0) is 0 Å². The molecule has 2 rings (SSSR count). The first-order valence-electron chi connectivity index (χ1n) is 3.65. The van der Waals surface area contributed by atoms with E-state index in [1.54, 1.807) is 11.3 Å². The molecule has 0 spiro atoms. The fraction of sp³-hybridized carbons (Fsp3) is 0.375. The normalized spacial score (nSPS) is 21.4. The van der Waals surface area contributed by atoms with Gasteiger partial charge in [0.25, 0.3) is 0 Å². The fourth-order valence-electron chi connectivity index (χ4n) is 1.39. The van der Waals surface area contributed by atoms with Gasteiger partial charge in [0.2, 0.25) is 0 Å². The van der Waals surface area contributed by atoms with Crippen LogP contribution >= 0.6 is 23.7 Å². The molecule has 0 saturated heterocycles. The monoisotopic (exact) mass is 203 g/mol. The standard InChI is InChI=1S/C8H9NOS.ClH/c9-6-1-2-7(10)5-3-4-11-8(5)6;/h3-4,6H,1-2,9H2;1H. The fourth-order valence-corrected chi connectivity index (χ4v) is 2.34. The average Bonchev–Trinajstić information content (AvgIpc) is 2.45. The van der Waals surface area contributed by atoms with Crippen LogP contribution < -0.4 is 5.73 Å². The molecular formula is C8H10ClNOS. The topological polar surface area (TPSA) is 43.1 Å². The number of ketones is 1. The van der Waals surface area contributed by atoms with Crippen LogP contribution in [0.3, 0.4) is 0 Å². The minimum Gasteiger partial charge on any atom is -0.323 e. The highest BCUT2D eigenvalue weighted by atomic mass is 35.5. The van der Waals surface area contributed by atoms with Crippen molar-refractivity contribution in [2.24, 2.45) is 5.73 Å². The van der Waals surface area contributed by atoms with Gasteiger partial charge in [-0.25, -0.2) is 0 Å². The van der Waals surface area contributed by atoms with Crippen molar-refractivity contribution in [3.8, 4) is 0 Å². The van der Waals surface area contributed by atoms with Crippen LogP contribution in [0.5, 0.6) is 0 Å². The molecule has 0 radical (unpaired) electrons. The van der Waals surface area contributed by atoms with Crippen LogP contribution in [0.15, 0.2) is 11.4 Å². The largest absolute Gasteiger partial charge is 0.323 e. The van der Waals surface area contributed by atoms with Gasteiger partial charge in [-0.05, 0) is 17.9 Å². The molecule has 2 nitrogen and oxygen atoms in total. The summed E-state index contributed by atoms with van der Waals surface area (Å²) >= 11 is 1.59. The van der Waals surface area contributed by atoms with Gasteiger partial charge in [-0.1, -0.05) is 0 Å². The van der Waals surface area contributed by atoms with Gasteiger partial charge in [0.1, 0.15) is 0 Å². The summed E-state index contributed by atoms with van der Waals surface area (Å²) in [4.78, 5) is 12.3. The Morgan fingerprint density at radius 3 is 3.00 bits per heavy atom. The van der Waals surface area contributed by atoms with Crippen molar-refractivity contribution in [2.75, 3.05) is 0 Å². The highest BCUT2D eigenvalue weighted by molar-refractivity contribution is 7.10. The van der Waals surface area contributed by atoms with E-state index in [-0.39, 0.29) is 24.2 Å². The lowest BCUT2D eigenvalue weighted by Gasteiger charge is -2.16. The summed E-state index contributed by atoms with van der Waals surface area (Å²) < 4.78 is 0. The van der Waals surface area contributed by atoms with Gasteiger partial charge < -0.3 is 5.73 Å². The van der Waals surface area contributed by atoms with Crippen LogP contribution in [0.25, 0.3) is 0 Å². The molecule has 1 aromatic rings. The molecule has 0 amide bonds. The van der Waals surface area contributed by atoms with Gasteiger partial charge in [-0.2, -0.15) is 0 Å². The SMILES string of the molecule is Cl.NC1CCC(=O)c2ccsc21. The number of hydrogen-bond acceptors (Lipinski definition) is 3. The predicted octanol–water partition coefficient (Wildman–Crippen LogP) is 2.15. The van der Waals surface area contributed by atoms with E-state index in [9.17, 15) is 4.79 Å². The number of thiophene rings is 1. The van der Waals surface area contributed by atoms with Crippen molar-refractivity contribution in [1.82, 2.24) is 0 Å². The van der Waals surface area contributed by atoms with Crippen molar-refractivity contribution in [3.05, 3.63) is 21.9 Å². The molecule has 1 unspecified atom stereocenters. The minimum absolute atomic E-state index is 0. The highest BCUT2D eigenvalue weighted by Crippen LogP contribution is 2.31. The van der Waals surface area contributed by atoms with E-state index in [1.165, 1.54) is 0 Å². The molecule has 1 atom stereocenters. The Bertz CT molecular complexity index is 297. The van der Waals surface area contributed by atoms with Gasteiger partial charge in [-0.3, -0.25) is 4.79 Å². The maximum atomic E-state index is 11.2. The Hall–Kier alpha value is -0.380. The smallest absolute Gasteiger partial charge is 0.164 e. The molecule has 0 aliphatic heterocycles. The van der Waals surface area contributed by atoms with Crippen LogP contribution in [0, 0.1) is 0 Å². The van der Waals surface area contributed by atoms with E-state index in [2.05, 4.69) is 0 Å². The number of fused-ring (bicyclic) bond motifs is 1. The third kappa shape index (κ3) is 1.40. The van der Waals surface area contributed by atoms with Gasteiger partial charge in [0.15, 0.2) is 5.78 Å². The number of hydrogen-bond donors (Lipinski definition) is 1. The maximum absolute atomic E-state index is 11.2. The first-order chi connectivity index (χ1) is 5.29. The second kappa shape index (κ2) is 3.56. The lowest BCUT2D eigenvalue weighted by atomic mass is 9.95. The number of rotatable bonds is 0. The van der Waals surface area contributed by atoms with Gasteiger partial charge >= 0.3 is 0 Å². The summed E-state index contributed by atoms with van der Waals surface area (Å²) in [6.07, 6.45) is 1.43. The van der Waals surface area contributed by atoms with Crippen LogP contribution in [-0.4, -0.2) is 5.78 Å². The quantitative estimate of drug-likeness (QED) is 0.702. The number of carbonyl (C=O) groups excluding carboxylic acids is 1. The van der Waals surface area contributed by atoms with Gasteiger partial charge in [-0.15, -0.1) is 23.7 Å². The zero-order chi connectivity index (χ0) is 7.84. The number of nitrogens with two attached hydrogens (primary N) is 1. The maximum Gasteiger partial charge on any atom is 0.164 e. The van der Waals surface area contributed by atoms with E-state index in [0.29, 0.717) is 6.42 Å². The minimum atomic E-state index is 0. The second-order valence-corrected chi connectivity index (χ2v) is 3.71. The van der Waals surface area contributed by atoms with Crippen molar-refractivity contribution in [3.63, 3.8) is 0 Å². The Balaban J connectivity index is 0.000000720. The molecule has 0 bridgehead atoms. The summed E-state index contributed by atoms with van der Waals surface area (Å²) in [5.41, 5.74) is 6.67. The molecule has 4 heteroatoms. The third-order valence-corrected chi connectivity index (χ3v) is 3.06. The molecular weight excluding hydrogens is 194 g/mol. The molecule has 1 heterocycles. The van der Waals surface area contributed by atoms with Crippen molar-refractivity contribution < 1.29 is 4.79 Å². The highest BCUT2D eigenvalue weighted by Gasteiger charge is 2.23. The zero-order valence-electron chi connectivity index (χ0n) is 6.45. The Morgan fingerprint density at radius 2 is 2.33 bits per heavy atom. The Kier molecular flexibility index (Phi) is 2.88. The van der Waals surface area contributed by atoms with E-state index < -0.39 is 0 Å². The molecule has 0 saturated carbocycles. The van der Waals surface area contributed by atoms with Crippen molar-refractivity contribution >= 4 is 29.5 Å². The summed E-state index contributed by atoms with van der Waals surface area (Å²) in [5.74, 6) is 0.253. The van der Waals surface area contributed by atoms with E-state index in [4.69, 9.17) is 5.73 Å². The molecule has 2 N–H and O–H groups in total. The Morgan fingerprint density at radius 1 is 1.58 bits per heavy atom. The van der Waals surface area contributed by atoms with Crippen molar-refractivity contribution in [1.29, 1.82) is 0 Å². The van der Waals surface area contributed by atoms with Crippen LogP contribution in [0.2, 0.25) is 0 Å². The average molecular weight is 204 g/mol. The van der Waals surface area contributed by atoms with Gasteiger partial charge in [0.05, 0.1) is 0 Å². The lowest BCUT2D eigenvalue weighted by Crippen LogP contribution is -2.18. The zero-order valence-corrected chi connectivity index (χ0v) is 8.08. The molecule has 12 heavy (non-hydrogen) atoms.